The molecule has 3 N–H and O–H groups in total. The monoisotopic (exact) mass is 460 g/mol. The molecule has 4 rings (SSSR count). The summed E-state index contributed by atoms with van der Waals surface area (Å²) in [6, 6.07) is 11.2. The van der Waals surface area contributed by atoms with Crippen LogP contribution >= 0.6 is 0 Å². The molecule has 0 saturated carbocycles. The third kappa shape index (κ3) is 4.93. The fourth-order valence-corrected chi connectivity index (χ4v) is 3.48. The lowest BCUT2D eigenvalue weighted by Crippen LogP contribution is -2.24. The molecule has 34 heavy (non-hydrogen) atoms. The molecule has 3 aromatic heterocycles. The fraction of sp³-hybridized carbons (Fsp3) is 0.269. The minimum absolute atomic E-state index is 0.0497. The first-order valence-corrected chi connectivity index (χ1v) is 11.0. The summed E-state index contributed by atoms with van der Waals surface area (Å²) in [5.74, 6) is 2.13. The van der Waals surface area contributed by atoms with Gasteiger partial charge in [0.1, 0.15) is 11.4 Å². The Labute approximate surface area is 198 Å². The van der Waals surface area contributed by atoms with Gasteiger partial charge < -0.3 is 25.1 Å². The number of methoxy groups -OCH3 is 1. The van der Waals surface area contributed by atoms with Gasteiger partial charge in [0.2, 0.25) is 0 Å². The number of ether oxygens (including phenoxy) is 3. The highest BCUT2D eigenvalue weighted by molar-refractivity contribution is 5.88. The zero-order valence-corrected chi connectivity index (χ0v) is 19.5. The molecule has 1 aromatic carbocycles. The van der Waals surface area contributed by atoms with Crippen molar-refractivity contribution < 1.29 is 19.3 Å². The van der Waals surface area contributed by atoms with Crippen LogP contribution < -0.4 is 19.9 Å². The maximum absolute atomic E-state index is 9.39. The maximum atomic E-state index is 9.39. The lowest BCUT2D eigenvalue weighted by molar-refractivity contribution is 0.164. The van der Waals surface area contributed by atoms with Crippen molar-refractivity contribution in [1.82, 2.24) is 15.0 Å². The number of benzene rings is 1. The second kappa shape index (κ2) is 10.5. The van der Waals surface area contributed by atoms with Gasteiger partial charge in [0.15, 0.2) is 17.2 Å². The summed E-state index contributed by atoms with van der Waals surface area (Å²) >= 11 is 0. The third-order valence-electron chi connectivity index (χ3n) is 5.64. The second-order valence-corrected chi connectivity index (χ2v) is 8.01. The molecule has 8 heteroatoms. The van der Waals surface area contributed by atoms with Crippen LogP contribution in [0.3, 0.4) is 0 Å². The molecular formula is C26H28N4O4. The zero-order chi connectivity index (χ0) is 24.1. The molecule has 0 aliphatic heterocycles. The van der Waals surface area contributed by atoms with Gasteiger partial charge in [-0.15, -0.1) is 0 Å². The Morgan fingerprint density at radius 3 is 2.59 bits per heavy atom. The van der Waals surface area contributed by atoms with Crippen molar-refractivity contribution in [3.05, 3.63) is 66.2 Å². The first-order valence-electron chi connectivity index (χ1n) is 11.0. The Balaban J connectivity index is 1.74. The number of aryl methyl sites for hydroxylation is 2. The first kappa shape index (κ1) is 23.4. The van der Waals surface area contributed by atoms with Gasteiger partial charge in [-0.1, -0.05) is 0 Å². The third-order valence-corrected chi connectivity index (χ3v) is 5.64. The number of fused-ring (bicyclic) bond motifs is 1. The predicted molar refractivity (Wildman–Crippen MR) is 130 cm³/mol. The van der Waals surface area contributed by atoms with E-state index in [-0.39, 0.29) is 19.1 Å². The molecule has 0 spiro atoms. The molecule has 0 fully saturated rings. The van der Waals surface area contributed by atoms with E-state index in [4.69, 9.17) is 24.9 Å². The molecule has 0 aliphatic rings. The van der Waals surface area contributed by atoms with Gasteiger partial charge >= 0.3 is 0 Å². The van der Waals surface area contributed by atoms with Crippen molar-refractivity contribution in [2.24, 2.45) is 11.7 Å². The standard InChI is InChI=1S/C26H28N4O4/c1-16-9-25(26(30-17(16)2)19-5-4-7-28-13-19)34-22-6-8-29-21-11-24(23(32-3)10-20(21)22)33-15-18(12-27)14-31/h4-11,13,18,31H,12,14-15,27H2,1-3H3. The predicted octanol–water partition coefficient (Wildman–Crippen LogP) is 4.06. The Kier molecular flexibility index (Phi) is 7.20. The Morgan fingerprint density at radius 1 is 1.03 bits per heavy atom. The van der Waals surface area contributed by atoms with Gasteiger partial charge in [-0.2, -0.15) is 0 Å². The smallest absolute Gasteiger partial charge is 0.163 e. The van der Waals surface area contributed by atoms with Crippen molar-refractivity contribution in [1.29, 1.82) is 0 Å². The molecule has 0 amide bonds. The summed E-state index contributed by atoms with van der Waals surface area (Å²) in [5, 5.41) is 10.2. The minimum Gasteiger partial charge on any atom is -0.493 e. The van der Waals surface area contributed by atoms with Gasteiger partial charge in [-0.3, -0.25) is 9.97 Å². The van der Waals surface area contributed by atoms with Crippen LogP contribution in [0, 0.1) is 19.8 Å². The van der Waals surface area contributed by atoms with Gasteiger partial charge in [0.05, 0.1) is 25.8 Å². The van der Waals surface area contributed by atoms with E-state index in [1.165, 1.54) is 0 Å². The van der Waals surface area contributed by atoms with Crippen LogP contribution in [0.4, 0.5) is 0 Å². The first-order chi connectivity index (χ1) is 16.5. The minimum atomic E-state index is -0.161. The van der Waals surface area contributed by atoms with Gasteiger partial charge in [0.25, 0.3) is 0 Å². The van der Waals surface area contributed by atoms with Crippen LogP contribution in [-0.2, 0) is 0 Å². The average Bonchev–Trinajstić information content (AvgIpc) is 2.87. The number of hydrogen-bond acceptors (Lipinski definition) is 8. The topological polar surface area (TPSA) is 113 Å². The molecule has 1 atom stereocenters. The molecule has 0 aliphatic carbocycles. The maximum Gasteiger partial charge on any atom is 0.163 e. The summed E-state index contributed by atoms with van der Waals surface area (Å²) < 4.78 is 17.9. The Bertz CT molecular complexity index is 1280. The fourth-order valence-electron chi connectivity index (χ4n) is 3.48. The highest BCUT2D eigenvalue weighted by Gasteiger charge is 2.17. The number of aliphatic hydroxyl groups excluding tert-OH is 1. The number of rotatable bonds is 9. The van der Waals surface area contributed by atoms with Gasteiger partial charge in [0, 0.05) is 53.8 Å². The molecule has 0 bridgehead atoms. The van der Waals surface area contributed by atoms with Crippen molar-refractivity contribution in [3.8, 4) is 34.3 Å². The second-order valence-electron chi connectivity index (χ2n) is 8.01. The van der Waals surface area contributed by atoms with Crippen molar-refractivity contribution in [3.63, 3.8) is 0 Å². The molecule has 0 saturated heterocycles. The molecule has 3 heterocycles. The number of hydrogen-bond donors (Lipinski definition) is 2. The highest BCUT2D eigenvalue weighted by Crippen LogP contribution is 2.39. The van der Waals surface area contributed by atoms with Crippen LogP contribution in [0.2, 0.25) is 0 Å². The molecule has 8 nitrogen and oxygen atoms in total. The normalized spacial score (nSPS) is 11.9. The number of pyridine rings is 3. The molecule has 4 aromatic rings. The summed E-state index contributed by atoms with van der Waals surface area (Å²) in [5.41, 5.74) is 9.87. The lowest BCUT2D eigenvalue weighted by atomic mass is 10.1. The molecule has 0 radical (unpaired) electrons. The van der Waals surface area contributed by atoms with Crippen molar-refractivity contribution in [2.45, 2.75) is 13.8 Å². The van der Waals surface area contributed by atoms with Gasteiger partial charge in [-0.25, -0.2) is 4.98 Å². The number of aliphatic hydroxyl groups is 1. The SMILES string of the molecule is COc1cc2c(Oc3cc(C)c(C)nc3-c3cccnc3)ccnc2cc1OCC(CN)CO. The van der Waals surface area contributed by atoms with Crippen LogP contribution in [0.1, 0.15) is 11.3 Å². The average molecular weight is 461 g/mol. The van der Waals surface area contributed by atoms with E-state index in [2.05, 4.69) is 9.97 Å². The van der Waals surface area contributed by atoms with E-state index < -0.39 is 0 Å². The van der Waals surface area contributed by atoms with Crippen LogP contribution in [0.5, 0.6) is 23.0 Å². The summed E-state index contributed by atoms with van der Waals surface area (Å²) in [6.07, 6.45) is 5.18. The van der Waals surface area contributed by atoms with E-state index in [0.29, 0.717) is 40.8 Å². The number of aromatic nitrogens is 3. The van der Waals surface area contributed by atoms with E-state index >= 15 is 0 Å². The highest BCUT2D eigenvalue weighted by atomic mass is 16.5. The molecular weight excluding hydrogens is 432 g/mol. The zero-order valence-electron chi connectivity index (χ0n) is 19.5. The molecule has 1 unspecified atom stereocenters. The Morgan fingerprint density at radius 2 is 1.88 bits per heavy atom. The number of nitrogens with zero attached hydrogens (tertiary/aromatic N) is 3. The van der Waals surface area contributed by atoms with Crippen molar-refractivity contribution >= 4 is 10.9 Å². The van der Waals surface area contributed by atoms with Crippen LogP contribution in [0.15, 0.2) is 55.0 Å². The van der Waals surface area contributed by atoms with E-state index in [9.17, 15) is 5.11 Å². The quantitative estimate of drug-likeness (QED) is 0.385. The van der Waals surface area contributed by atoms with Crippen LogP contribution in [0.25, 0.3) is 22.2 Å². The summed E-state index contributed by atoms with van der Waals surface area (Å²) in [7, 11) is 1.57. The largest absolute Gasteiger partial charge is 0.493 e. The van der Waals surface area contributed by atoms with E-state index in [1.807, 2.05) is 38.1 Å². The van der Waals surface area contributed by atoms with Crippen molar-refractivity contribution in [2.75, 3.05) is 26.9 Å². The van der Waals surface area contributed by atoms with E-state index in [0.717, 1.165) is 22.2 Å². The number of nitrogens with two attached hydrogens (primary N) is 1. The van der Waals surface area contributed by atoms with Crippen LogP contribution in [-0.4, -0.2) is 46.9 Å². The summed E-state index contributed by atoms with van der Waals surface area (Å²) in [6.45, 7) is 4.52. The summed E-state index contributed by atoms with van der Waals surface area (Å²) in [4.78, 5) is 13.5. The Hall–Kier alpha value is -3.75. The molecule has 176 valence electrons. The van der Waals surface area contributed by atoms with E-state index in [1.54, 1.807) is 37.8 Å². The van der Waals surface area contributed by atoms with Gasteiger partial charge in [-0.05, 0) is 49.7 Å². The lowest BCUT2D eigenvalue weighted by Gasteiger charge is -2.17.